The molecule has 3 nitrogen and oxygen atoms in total. The first-order chi connectivity index (χ1) is 6.15. The maximum atomic E-state index is 4.97. The van der Waals surface area contributed by atoms with Gasteiger partial charge in [0.25, 0.3) is 0 Å². The maximum Gasteiger partial charge on any atom is 1.00 e. The van der Waals surface area contributed by atoms with Gasteiger partial charge in [0.15, 0.2) is 0 Å². The zero-order chi connectivity index (χ0) is 9.84. The van der Waals surface area contributed by atoms with Gasteiger partial charge in [0.2, 0.25) is 5.88 Å². The minimum absolute atomic E-state index is 0. The van der Waals surface area contributed by atoms with Crippen LogP contribution in [-0.2, 0) is 12.6 Å². The number of hydrogen-bond acceptors (Lipinski definition) is 4. The van der Waals surface area contributed by atoms with Gasteiger partial charge in [0.05, 0.1) is 7.11 Å². The Labute approximate surface area is 117 Å². The molecule has 70 valence electrons. The van der Waals surface area contributed by atoms with Crippen molar-refractivity contribution in [2.45, 2.75) is 0 Å². The summed E-state index contributed by atoms with van der Waals surface area (Å²) in [5.74, 6) is 1.25. The van der Waals surface area contributed by atoms with Crippen molar-refractivity contribution in [3.05, 3.63) is 18.2 Å². The van der Waals surface area contributed by atoms with Crippen LogP contribution in [0.2, 0.25) is 0 Å². The fourth-order valence-electron chi connectivity index (χ4n) is 0.798. The van der Waals surface area contributed by atoms with E-state index in [9.17, 15) is 0 Å². The van der Waals surface area contributed by atoms with E-state index in [1.807, 2.05) is 12.1 Å². The van der Waals surface area contributed by atoms with E-state index in [0.29, 0.717) is 16.0 Å². The third kappa shape index (κ3) is 3.67. The van der Waals surface area contributed by atoms with Gasteiger partial charge in [-0.05, 0) is 6.07 Å². The predicted molar refractivity (Wildman–Crippen MR) is 59.2 cm³/mol. The zero-order valence-electron chi connectivity index (χ0n) is 8.35. The van der Waals surface area contributed by atoms with E-state index < -0.39 is 0 Å². The number of hydrogen-bond donors (Lipinski definition) is 0. The van der Waals surface area contributed by atoms with Gasteiger partial charge in [-0.2, -0.15) is 4.98 Å². The summed E-state index contributed by atoms with van der Waals surface area (Å²) >= 11 is 9.68. The van der Waals surface area contributed by atoms with E-state index in [-0.39, 0.29) is 29.6 Å². The Balaban J connectivity index is 0.00000169. The summed E-state index contributed by atoms with van der Waals surface area (Å²) in [5.41, 5.74) is 0. The Hall–Kier alpha value is 0.0600. The average molecular weight is 236 g/mol. The average Bonchev–Trinajstić information content (AvgIpc) is 2.16. The summed E-state index contributed by atoms with van der Waals surface area (Å²) in [6, 6.07) is 5.43. The Kier molecular flexibility index (Phi) is 6.55. The van der Waals surface area contributed by atoms with E-state index in [2.05, 4.69) is 4.98 Å². The van der Waals surface area contributed by atoms with E-state index in [0.717, 1.165) is 0 Å². The molecule has 0 aliphatic heterocycles. The predicted octanol–water partition coefficient (Wildman–Crippen LogP) is -1.64. The first-order valence-corrected chi connectivity index (χ1v) is 4.42. The summed E-state index contributed by atoms with van der Waals surface area (Å²) in [6.45, 7) is 0. The van der Waals surface area contributed by atoms with Crippen molar-refractivity contribution in [1.29, 1.82) is 0 Å². The van der Waals surface area contributed by atoms with E-state index in [1.54, 1.807) is 25.1 Å². The molecule has 0 saturated heterocycles. The van der Waals surface area contributed by atoms with Crippen LogP contribution in [0.1, 0.15) is 0 Å². The molecule has 0 fully saturated rings. The van der Waals surface area contributed by atoms with Crippen LogP contribution in [0.5, 0.6) is 5.88 Å². The molecule has 0 unspecified atom stereocenters. The maximum absolute atomic E-state index is 4.97. The van der Waals surface area contributed by atoms with Gasteiger partial charge >= 0.3 is 29.6 Å². The number of nitrogens with zero attached hydrogens (tertiary/aromatic N) is 2. The van der Waals surface area contributed by atoms with Gasteiger partial charge in [-0.1, -0.05) is 10.4 Å². The Bertz CT molecular complexity index is 322. The summed E-state index contributed by atoms with van der Waals surface area (Å²) in [7, 11) is 3.34. The third-order valence-corrected chi connectivity index (χ3v) is 2.08. The molecule has 1 aromatic heterocycles. The molecular formula is C8H9N2NaOS2. The number of pyridine rings is 1. The SMILES string of the molecule is COc1cccc(N(C)C(=S)[S-])n1.[Na+]. The molecule has 1 heterocycles. The molecule has 14 heavy (non-hydrogen) atoms. The van der Waals surface area contributed by atoms with Crippen LogP contribution in [-0.4, -0.2) is 23.5 Å². The molecular weight excluding hydrogens is 227 g/mol. The molecule has 0 N–H and O–H groups in total. The third-order valence-electron chi connectivity index (χ3n) is 1.54. The monoisotopic (exact) mass is 236 g/mol. The molecule has 0 aliphatic rings. The first kappa shape index (κ1) is 14.1. The van der Waals surface area contributed by atoms with E-state index in [1.165, 1.54) is 0 Å². The summed E-state index contributed by atoms with van der Waals surface area (Å²) in [4.78, 5) is 5.81. The van der Waals surface area contributed by atoms with Crippen molar-refractivity contribution in [2.24, 2.45) is 0 Å². The fraction of sp³-hybridized carbons (Fsp3) is 0.250. The van der Waals surface area contributed by atoms with E-state index in [4.69, 9.17) is 29.6 Å². The zero-order valence-corrected chi connectivity index (χ0v) is 12.0. The number of ether oxygens (including phenoxy) is 1. The summed E-state index contributed by atoms with van der Waals surface area (Å²) in [5, 5.41) is 0. The van der Waals surface area contributed by atoms with Crippen molar-refractivity contribution in [3.8, 4) is 5.88 Å². The molecule has 0 aromatic carbocycles. The topological polar surface area (TPSA) is 25.4 Å². The molecule has 0 atom stereocenters. The molecule has 0 bridgehead atoms. The number of thiocarbonyl (C=S) groups is 1. The number of methoxy groups -OCH3 is 1. The van der Waals surface area contributed by atoms with Crippen molar-refractivity contribution >= 4 is 35.0 Å². The second-order valence-corrected chi connectivity index (χ2v) is 3.39. The smallest absolute Gasteiger partial charge is 0.481 e. The fourth-order valence-corrected chi connectivity index (χ4v) is 0.985. The normalized spacial score (nSPS) is 8.71. The minimum atomic E-state index is 0. The molecule has 1 aromatic rings. The van der Waals surface area contributed by atoms with Crippen molar-refractivity contribution in [2.75, 3.05) is 19.1 Å². The first-order valence-electron chi connectivity index (χ1n) is 3.61. The second kappa shape index (κ2) is 6.53. The number of rotatable bonds is 2. The largest absolute Gasteiger partial charge is 1.00 e. The van der Waals surface area contributed by atoms with Gasteiger partial charge < -0.3 is 34.5 Å². The quantitative estimate of drug-likeness (QED) is 0.349. The van der Waals surface area contributed by atoms with Gasteiger partial charge in [0, 0.05) is 13.1 Å². The van der Waals surface area contributed by atoms with Gasteiger partial charge in [-0.15, -0.1) is 0 Å². The summed E-state index contributed by atoms with van der Waals surface area (Å²) in [6.07, 6.45) is 0. The van der Waals surface area contributed by atoms with Crippen LogP contribution >= 0.6 is 12.2 Å². The van der Waals surface area contributed by atoms with Crippen LogP contribution in [0.15, 0.2) is 18.2 Å². The second-order valence-electron chi connectivity index (χ2n) is 2.36. The van der Waals surface area contributed by atoms with Crippen LogP contribution in [0.3, 0.4) is 0 Å². The molecule has 1 rings (SSSR count). The van der Waals surface area contributed by atoms with Gasteiger partial charge in [-0.3, -0.25) is 0 Å². The van der Waals surface area contributed by atoms with E-state index >= 15 is 0 Å². The van der Waals surface area contributed by atoms with Crippen LogP contribution in [0.4, 0.5) is 5.82 Å². The molecule has 6 heteroatoms. The molecule has 0 saturated carbocycles. The van der Waals surface area contributed by atoms with Gasteiger partial charge in [-0.25, -0.2) is 0 Å². The van der Waals surface area contributed by atoms with Gasteiger partial charge in [0.1, 0.15) is 5.82 Å². The van der Waals surface area contributed by atoms with Crippen LogP contribution < -0.4 is 39.2 Å². The van der Waals surface area contributed by atoms with Crippen molar-refractivity contribution in [3.63, 3.8) is 0 Å². The molecule has 0 spiro atoms. The van der Waals surface area contributed by atoms with Crippen LogP contribution in [0, 0.1) is 0 Å². The van der Waals surface area contributed by atoms with Crippen molar-refractivity contribution < 1.29 is 34.3 Å². The summed E-state index contributed by atoms with van der Waals surface area (Å²) < 4.78 is 5.33. The molecule has 0 aliphatic carbocycles. The number of anilines is 1. The van der Waals surface area contributed by atoms with Crippen molar-refractivity contribution in [1.82, 2.24) is 4.98 Å². The minimum Gasteiger partial charge on any atom is -0.481 e. The van der Waals surface area contributed by atoms with Crippen LogP contribution in [0.25, 0.3) is 0 Å². The molecule has 0 radical (unpaired) electrons. The Morgan fingerprint density at radius 3 is 2.71 bits per heavy atom. The molecule has 0 amide bonds. The standard InChI is InChI=1S/C8H10N2OS2.Na/c1-10(8(12)13)6-4-3-5-7(9-6)11-2;/h3-5H,1-2H3,(H,12,13);/q;+1/p-1. The Morgan fingerprint density at radius 1 is 1.57 bits per heavy atom. The Morgan fingerprint density at radius 2 is 2.21 bits per heavy atom. The number of aromatic nitrogens is 1.